The second-order valence-corrected chi connectivity index (χ2v) is 6.51. The van der Waals surface area contributed by atoms with Crippen LogP contribution in [0.5, 0.6) is 5.75 Å². The lowest BCUT2D eigenvalue weighted by Crippen LogP contribution is -2.43. The van der Waals surface area contributed by atoms with Gasteiger partial charge in [-0.2, -0.15) is 0 Å². The molecule has 5 heteroatoms. The number of para-hydroxylation sites is 1. The van der Waals surface area contributed by atoms with Gasteiger partial charge in [0.1, 0.15) is 11.8 Å². The maximum Gasteiger partial charge on any atom is 0.328 e. The fourth-order valence-corrected chi connectivity index (χ4v) is 3.11. The SMILES string of the molecule is COC(=O)[C@@H](Cc1ccccc1OC)NC(=O)c1ccc(-c2ccccc2)cc1. The topological polar surface area (TPSA) is 64.6 Å². The molecule has 3 rings (SSSR count). The third kappa shape index (κ3) is 5.02. The van der Waals surface area contributed by atoms with Crippen LogP contribution in [0, 0.1) is 0 Å². The molecule has 0 aliphatic heterocycles. The molecule has 0 heterocycles. The molecule has 0 fully saturated rings. The molecule has 0 radical (unpaired) electrons. The summed E-state index contributed by atoms with van der Waals surface area (Å²) in [4.78, 5) is 25.0. The Hall–Kier alpha value is -3.60. The summed E-state index contributed by atoms with van der Waals surface area (Å²) in [6, 6.07) is 23.7. The Labute approximate surface area is 170 Å². The highest BCUT2D eigenvalue weighted by atomic mass is 16.5. The number of hydrogen-bond donors (Lipinski definition) is 1. The van der Waals surface area contributed by atoms with E-state index in [-0.39, 0.29) is 12.3 Å². The van der Waals surface area contributed by atoms with E-state index in [1.807, 2.05) is 66.7 Å². The molecule has 148 valence electrons. The van der Waals surface area contributed by atoms with Gasteiger partial charge in [-0.05, 0) is 34.9 Å². The Morgan fingerprint density at radius 3 is 2.10 bits per heavy atom. The van der Waals surface area contributed by atoms with Gasteiger partial charge in [-0.15, -0.1) is 0 Å². The van der Waals surface area contributed by atoms with Gasteiger partial charge in [0.25, 0.3) is 5.91 Å². The zero-order valence-corrected chi connectivity index (χ0v) is 16.4. The van der Waals surface area contributed by atoms with Crippen LogP contribution >= 0.6 is 0 Å². The quantitative estimate of drug-likeness (QED) is 0.623. The van der Waals surface area contributed by atoms with Crippen LogP contribution in [0.3, 0.4) is 0 Å². The lowest BCUT2D eigenvalue weighted by Gasteiger charge is -2.18. The third-order valence-corrected chi connectivity index (χ3v) is 4.66. The van der Waals surface area contributed by atoms with E-state index in [1.165, 1.54) is 7.11 Å². The van der Waals surface area contributed by atoms with Crippen molar-refractivity contribution in [1.82, 2.24) is 5.32 Å². The standard InChI is InChI=1S/C24H23NO4/c1-28-22-11-7-6-10-20(22)16-21(24(27)29-2)25-23(26)19-14-12-18(13-15-19)17-8-4-3-5-9-17/h3-15,21H,16H2,1-2H3,(H,25,26)/t21-/m1/s1. The van der Waals surface area contributed by atoms with Crippen LogP contribution in [0.25, 0.3) is 11.1 Å². The Morgan fingerprint density at radius 2 is 1.45 bits per heavy atom. The number of rotatable bonds is 7. The maximum absolute atomic E-state index is 12.7. The molecule has 5 nitrogen and oxygen atoms in total. The first-order valence-corrected chi connectivity index (χ1v) is 9.28. The highest BCUT2D eigenvalue weighted by Gasteiger charge is 2.24. The second-order valence-electron chi connectivity index (χ2n) is 6.51. The number of hydrogen-bond acceptors (Lipinski definition) is 4. The minimum absolute atomic E-state index is 0.268. The number of ether oxygens (including phenoxy) is 2. The van der Waals surface area contributed by atoms with Crippen LogP contribution in [0.2, 0.25) is 0 Å². The van der Waals surface area contributed by atoms with E-state index in [2.05, 4.69) is 5.32 Å². The zero-order valence-electron chi connectivity index (χ0n) is 16.4. The van der Waals surface area contributed by atoms with Gasteiger partial charge in [-0.3, -0.25) is 4.79 Å². The summed E-state index contributed by atoms with van der Waals surface area (Å²) < 4.78 is 10.2. The van der Waals surface area contributed by atoms with Gasteiger partial charge in [0.15, 0.2) is 0 Å². The Kier molecular flexibility index (Phi) is 6.63. The van der Waals surface area contributed by atoms with Crippen molar-refractivity contribution in [1.29, 1.82) is 0 Å². The highest BCUT2D eigenvalue weighted by molar-refractivity contribution is 5.97. The fourth-order valence-electron chi connectivity index (χ4n) is 3.11. The van der Waals surface area contributed by atoms with E-state index in [4.69, 9.17) is 9.47 Å². The molecule has 3 aromatic carbocycles. The lowest BCUT2D eigenvalue weighted by atomic mass is 10.0. The van der Waals surface area contributed by atoms with E-state index in [0.717, 1.165) is 16.7 Å². The van der Waals surface area contributed by atoms with Crippen molar-refractivity contribution in [2.75, 3.05) is 14.2 Å². The normalized spacial score (nSPS) is 11.4. The van der Waals surface area contributed by atoms with Gasteiger partial charge in [0, 0.05) is 12.0 Å². The molecule has 0 unspecified atom stereocenters. The van der Waals surface area contributed by atoms with Crippen LogP contribution in [-0.4, -0.2) is 32.1 Å². The summed E-state index contributed by atoms with van der Waals surface area (Å²) in [5.41, 5.74) is 3.37. The van der Waals surface area contributed by atoms with E-state index >= 15 is 0 Å². The Bertz CT molecular complexity index is 968. The van der Waals surface area contributed by atoms with Crippen LogP contribution in [0.1, 0.15) is 15.9 Å². The van der Waals surface area contributed by atoms with E-state index in [1.54, 1.807) is 19.2 Å². The molecule has 0 aliphatic rings. The number of carbonyl (C=O) groups is 2. The number of esters is 1. The molecular formula is C24H23NO4. The van der Waals surface area contributed by atoms with Gasteiger partial charge in [0.2, 0.25) is 0 Å². The molecule has 0 spiro atoms. The summed E-state index contributed by atoms with van der Waals surface area (Å²) in [5.74, 6) is -0.192. The summed E-state index contributed by atoms with van der Waals surface area (Å²) in [5, 5.41) is 2.77. The van der Waals surface area contributed by atoms with Crippen LogP contribution < -0.4 is 10.1 Å². The van der Waals surface area contributed by atoms with Gasteiger partial charge in [0.05, 0.1) is 14.2 Å². The van der Waals surface area contributed by atoms with Gasteiger partial charge >= 0.3 is 5.97 Å². The fraction of sp³-hybridized carbons (Fsp3) is 0.167. The molecule has 0 bridgehead atoms. The van der Waals surface area contributed by atoms with Crippen molar-refractivity contribution < 1.29 is 19.1 Å². The minimum atomic E-state index is -0.822. The molecule has 1 atom stereocenters. The monoisotopic (exact) mass is 389 g/mol. The first-order chi connectivity index (χ1) is 14.1. The van der Waals surface area contributed by atoms with Crippen molar-refractivity contribution >= 4 is 11.9 Å². The van der Waals surface area contributed by atoms with Gasteiger partial charge < -0.3 is 14.8 Å². The smallest absolute Gasteiger partial charge is 0.328 e. The first kappa shape index (κ1) is 20.1. The summed E-state index contributed by atoms with van der Waals surface area (Å²) >= 11 is 0. The van der Waals surface area contributed by atoms with Gasteiger partial charge in [-0.25, -0.2) is 4.79 Å². The number of benzene rings is 3. The molecule has 0 aromatic heterocycles. The second kappa shape index (κ2) is 9.55. The number of methoxy groups -OCH3 is 2. The number of carbonyl (C=O) groups excluding carboxylic acids is 2. The molecule has 0 aliphatic carbocycles. The summed E-state index contributed by atoms with van der Waals surface area (Å²) in [6.45, 7) is 0. The van der Waals surface area contributed by atoms with Crippen molar-refractivity contribution in [2.24, 2.45) is 0 Å². The molecule has 0 saturated heterocycles. The largest absolute Gasteiger partial charge is 0.496 e. The predicted octanol–water partition coefficient (Wildman–Crippen LogP) is 3.88. The number of nitrogens with one attached hydrogen (secondary N) is 1. The van der Waals surface area contributed by atoms with Crippen molar-refractivity contribution in [3.63, 3.8) is 0 Å². The van der Waals surface area contributed by atoms with Crippen molar-refractivity contribution in [3.05, 3.63) is 90.0 Å². The zero-order chi connectivity index (χ0) is 20.6. The molecular weight excluding hydrogens is 366 g/mol. The Morgan fingerprint density at radius 1 is 0.828 bits per heavy atom. The van der Waals surface area contributed by atoms with Crippen LogP contribution in [0.4, 0.5) is 0 Å². The lowest BCUT2D eigenvalue weighted by molar-refractivity contribution is -0.142. The average Bonchev–Trinajstić information content (AvgIpc) is 2.79. The van der Waals surface area contributed by atoms with Crippen molar-refractivity contribution in [2.45, 2.75) is 12.5 Å². The average molecular weight is 389 g/mol. The number of amides is 1. The summed E-state index contributed by atoms with van der Waals surface area (Å²) in [6.07, 6.45) is 0.268. The van der Waals surface area contributed by atoms with E-state index in [9.17, 15) is 9.59 Å². The summed E-state index contributed by atoms with van der Waals surface area (Å²) in [7, 11) is 2.87. The van der Waals surface area contributed by atoms with Crippen molar-refractivity contribution in [3.8, 4) is 16.9 Å². The minimum Gasteiger partial charge on any atom is -0.496 e. The van der Waals surface area contributed by atoms with Gasteiger partial charge in [-0.1, -0.05) is 60.7 Å². The van der Waals surface area contributed by atoms with E-state index in [0.29, 0.717) is 11.3 Å². The first-order valence-electron chi connectivity index (χ1n) is 9.28. The highest BCUT2D eigenvalue weighted by Crippen LogP contribution is 2.21. The van der Waals surface area contributed by atoms with Crippen LogP contribution in [-0.2, 0) is 16.0 Å². The van der Waals surface area contributed by atoms with E-state index < -0.39 is 12.0 Å². The molecule has 29 heavy (non-hydrogen) atoms. The maximum atomic E-state index is 12.7. The molecule has 0 saturated carbocycles. The predicted molar refractivity (Wildman–Crippen MR) is 112 cm³/mol. The molecule has 3 aromatic rings. The molecule has 1 amide bonds. The molecule has 1 N–H and O–H groups in total. The Balaban J connectivity index is 1.75. The third-order valence-electron chi connectivity index (χ3n) is 4.66. The van der Waals surface area contributed by atoms with Crippen LogP contribution in [0.15, 0.2) is 78.9 Å².